The summed E-state index contributed by atoms with van der Waals surface area (Å²) in [7, 11) is -2.84. The molecule has 1 spiro atoms. The van der Waals surface area contributed by atoms with Crippen LogP contribution in [0.4, 0.5) is 0 Å². The summed E-state index contributed by atoms with van der Waals surface area (Å²) < 4.78 is 23.4. The van der Waals surface area contributed by atoms with Crippen molar-refractivity contribution >= 4 is 15.7 Å². The van der Waals surface area contributed by atoms with Crippen molar-refractivity contribution in [3.63, 3.8) is 0 Å². The summed E-state index contributed by atoms with van der Waals surface area (Å²) in [6.45, 7) is 1.45. The maximum Gasteiger partial charge on any atom is 0.253 e. The number of sulfone groups is 1. The second-order valence-corrected chi connectivity index (χ2v) is 10.6. The fraction of sp³-hybridized carbons (Fsp3) is 0.435. The van der Waals surface area contributed by atoms with Gasteiger partial charge in [-0.25, -0.2) is 8.42 Å². The molecule has 1 amide bonds. The first-order valence-electron chi connectivity index (χ1n) is 10.1. The van der Waals surface area contributed by atoms with Crippen molar-refractivity contribution in [1.82, 2.24) is 4.90 Å². The number of likely N-dealkylation sites (tertiary alicyclic amines) is 1. The molecule has 0 atom stereocenters. The maximum atomic E-state index is 12.9. The van der Waals surface area contributed by atoms with Gasteiger partial charge in [0.05, 0.1) is 11.5 Å². The molecule has 28 heavy (non-hydrogen) atoms. The molecule has 2 aliphatic heterocycles. The van der Waals surface area contributed by atoms with Crippen LogP contribution in [0.3, 0.4) is 0 Å². The molecule has 5 heteroatoms. The van der Waals surface area contributed by atoms with Crippen molar-refractivity contribution in [2.45, 2.75) is 32.1 Å². The molecule has 4 nitrogen and oxygen atoms in total. The second-order valence-electron chi connectivity index (χ2n) is 8.30. The van der Waals surface area contributed by atoms with Crippen LogP contribution in [0, 0.1) is 5.41 Å². The molecular formula is C23H27NO3S. The first kappa shape index (κ1) is 19.2. The highest BCUT2D eigenvalue weighted by molar-refractivity contribution is 7.91. The Morgan fingerprint density at radius 1 is 0.821 bits per heavy atom. The van der Waals surface area contributed by atoms with Gasteiger partial charge in [0.1, 0.15) is 9.84 Å². The van der Waals surface area contributed by atoms with Gasteiger partial charge in [0, 0.05) is 18.7 Å². The van der Waals surface area contributed by atoms with E-state index < -0.39 is 9.84 Å². The number of amides is 1. The number of carbonyl (C=O) groups is 1. The van der Waals surface area contributed by atoms with Crippen LogP contribution in [0.2, 0.25) is 0 Å². The lowest BCUT2D eigenvalue weighted by Gasteiger charge is -2.44. The molecule has 2 saturated heterocycles. The number of nitrogens with zero attached hydrogens (tertiary/aromatic N) is 1. The van der Waals surface area contributed by atoms with Gasteiger partial charge in [-0.2, -0.15) is 0 Å². The van der Waals surface area contributed by atoms with Gasteiger partial charge in [0.25, 0.3) is 5.91 Å². The van der Waals surface area contributed by atoms with Crippen molar-refractivity contribution in [2.24, 2.45) is 5.41 Å². The number of hydrogen-bond acceptors (Lipinski definition) is 3. The zero-order valence-electron chi connectivity index (χ0n) is 16.1. The lowest BCUT2D eigenvalue weighted by atomic mass is 9.74. The average molecular weight is 398 g/mol. The van der Waals surface area contributed by atoms with Gasteiger partial charge in [-0.3, -0.25) is 4.79 Å². The molecule has 0 aliphatic carbocycles. The Morgan fingerprint density at radius 2 is 1.39 bits per heavy atom. The van der Waals surface area contributed by atoms with Crippen molar-refractivity contribution < 1.29 is 13.2 Å². The van der Waals surface area contributed by atoms with Crippen LogP contribution in [-0.2, 0) is 16.3 Å². The van der Waals surface area contributed by atoms with E-state index in [1.54, 1.807) is 0 Å². The zero-order valence-corrected chi connectivity index (χ0v) is 17.0. The van der Waals surface area contributed by atoms with Crippen LogP contribution in [0.25, 0.3) is 0 Å². The molecule has 0 saturated carbocycles. The van der Waals surface area contributed by atoms with Gasteiger partial charge in [-0.1, -0.05) is 42.5 Å². The van der Waals surface area contributed by atoms with Crippen molar-refractivity contribution in [1.29, 1.82) is 0 Å². The Balaban J connectivity index is 1.35. The third-order valence-electron chi connectivity index (χ3n) is 6.45. The highest BCUT2D eigenvalue weighted by Crippen LogP contribution is 2.42. The molecule has 0 unspecified atom stereocenters. The molecule has 0 aromatic heterocycles. The maximum absolute atomic E-state index is 12.9. The average Bonchev–Trinajstić information content (AvgIpc) is 2.72. The van der Waals surface area contributed by atoms with Crippen LogP contribution in [0.1, 0.15) is 47.2 Å². The molecule has 148 valence electrons. The topological polar surface area (TPSA) is 54.5 Å². The molecule has 2 aromatic rings. The molecule has 0 bridgehead atoms. The Labute approximate surface area is 167 Å². The first-order valence-corrected chi connectivity index (χ1v) is 11.9. The van der Waals surface area contributed by atoms with E-state index >= 15 is 0 Å². The zero-order chi connectivity index (χ0) is 19.6. The predicted octanol–water partition coefficient (Wildman–Crippen LogP) is 3.71. The lowest BCUT2D eigenvalue weighted by molar-refractivity contribution is 0.0553. The lowest BCUT2D eigenvalue weighted by Crippen LogP contribution is -2.46. The minimum atomic E-state index is -2.84. The largest absolute Gasteiger partial charge is 0.339 e. The van der Waals surface area contributed by atoms with Gasteiger partial charge < -0.3 is 4.90 Å². The molecule has 2 heterocycles. The summed E-state index contributed by atoms with van der Waals surface area (Å²) in [5, 5.41) is 0. The quantitative estimate of drug-likeness (QED) is 0.793. The van der Waals surface area contributed by atoms with E-state index in [1.807, 2.05) is 47.4 Å². The van der Waals surface area contributed by atoms with E-state index in [2.05, 4.69) is 12.1 Å². The molecule has 2 aromatic carbocycles. The number of rotatable bonds is 3. The van der Waals surface area contributed by atoms with Gasteiger partial charge in [-0.15, -0.1) is 0 Å². The minimum Gasteiger partial charge on any atom is -0.339 e. The summed E-state index contributed by atoms with van der Waals surface area (Å²) >= 11 is 0. The van der Waals surface area contributed by atoms with Crippen molar-refractivity contribution in [3.05, 3.63) is 71.3 Å². The van der Waals surface area contributed by atoms with Crippen LogP contribution in [-0.4, -0.2) is 43.8 Å². The molecular weight excluding hydrogens is 370 g/mol. The second kappa shape index (κ2) is 7.70. The first-order chi connectivity index (χ1) is 13.4. The van der Waals surface area contributed by atoms with E-state index in [1.165, 1.54) is 11.1 Å². The van der Waals surface area contributed by atoms with Crippen molar-refractivity contribution in [3.8, 4) is 0 Å². The molecule has 2 fully saturated rings. The summed E-state index contributed by atoms with van der Waals surface area (Å²) in [5.74, 6) is 0.706. The third kappa shape index (κ3) is 4.30. The van der Waals surface area contributed by atoms with Crippen LogP contribution >= 0.6 is 0 Å². The Morgan fingerprint density at radius 3 is 2.00 bits per heavy atom. The third-order valence-corrected chi connectivity index (χ3v) is 8.10. The van der Waals surface area contributed by atoms with Gasteiger partial charge in [-0.05, 0) is 60.8 Å². The predicted molar refractivity (Wildman–Crippen MR) is 111 cm³/mol. The monoisotopic (exact) mass is 397 g/mol. The van der Waals surface area contributed by atoms with Crippen LogP contribution in [0.15, 0.2) is 54.6 Å². The van der Waals surface area contributed by atoms with E-state index in [9.17, 15) is 13.2 Å². The molecule has 0 N–H and O–H groups in total. The fourth-order valence-corrected chi connectivity index (χ4v) is 6.13. The Kier molecular flexibility index (Phi) is 5.28. The standard InChI is InChI=1S/C23H27NO3S/c25-22(21-8-6-20(7-9-21)18-19-4-2-1-3-5-19)24-14-10-23(11-15-24)12-16-28(26,27)17-13-23/h1-9H,10-18H2. The Bertz CT molecular complexity index is 912. The molecule has 0 radical (unpaired) electrons. The van der Waals surface area contributed by atoms with Gasteiger partial charge >= 0.3 is 0 Å². The highest BCUT2D eigenvalue weighted by atomic mass is 32.2. The summed E-state index contributed by atoms with van der Waals surface area (Å²) in [5.41, 5.74) is 3.32. The van der Waals surface area contributed by atoms with Gasteiger partial charge in [0.2, 0.25) is 0 Å². The highest BCUT2D eigenvalue weighted by Gasteiger charge is 2.40. The molecule has 2 aliphatic rings. The number of benzene rings is 2. The smallest absolute Gasteiger partial charge is 0.253 e. The number of hydrogen-bond donors (Lipinski definition) is 0. The SMILES string of the molecule is O=C(c1ccc(Cc2ccccc2)cc1)N1CCC2(CC1)CCS(=O)(=O)CC2. The van der Waals surface area contributed by atoms with Gasteiger partial charge in [0.15, 0.2) is 0 Å². The van der Waals surface area contributed by atoms with E-state index in [4.69, 9.17) is 0 Å². The normalized spacial score (nSPS) is 20.8. The van der Waals surface area contributed by atoms with Crippen LogP contribution < -0.4 is 0 Å². The fourth-order valence-electron chi connectivity index (χ4n) is 4.43. The van der Waals surface area contributed by atoms with E-state index in [-0.39, 0.29) is 11.3 Å². The Hall–Kier alpha value is -2.14. The van der Waals surface area contributed by atoms with Crippen molar-refractivity contribution in [2.75, 3.05) is 24.6 Å². The van der Waals surface area contributed by atoms with E-state index in [0.717, 1.165) is 50.8 Å². The number of carbonyl (C=O) groups excluding carboxylic acids is 1. The minimum absolute atomic E-state index is 0.0875. The summed E-state index contributed by atoms with van der Waals surface area (Å²) in [4.78, 5) is 14.8. The molecule has 4 rings (SSSR count). The summed E-state index contributed by atoms with van der Waals surface area (Å²) in [6, 6.07) is 18.3. The van der Waals surface area contributed by atoms with E-state index in [0.29, 0.717) is 11.5 Å². The van der Waals surface area contributed by atoms with Crippen LogP contribution in [0.5, 0.6) is 0 Å². The number of piperidine rings is 1. The summed E-state index contributed by atoms with van der Waals surface area (Å²) in [6.07, 6.45) is 4.21.